The molecule has 1 fully saturated rings. The highest BCUT2D eigenvalue weighted by Gasteiger charge is 2.29. The number of aliphatic imine (C=N–C) groups is 1. The van der Waals surface area contributed by atoms with E-state index >= 15 is 0 Å². The zero-order valence-electron chi connectivity index (χ0n) is 16.4. The number of hydrogen-bond acceptors (Lipinski definition) is 7. The predicted octanol–water partition coefficient (Wildman–Crippen LogP) is 2.57. The van der Waals surface area contributed by atoms with Gasteiger partial charge in [0.1, 0.15) is 22.1 Å². The zero-order chi connectivity index (χ0) is 20.9. The number of methoxy groups -OCH3 is 1. The Hall–Kier alpha value is -2.62. The molecule has 0 unspecified atom stereocenters. The zero-order valence-corrected chi connectivity index (χ0v) is 17.2. The van der Waals surface area contributed by atoms with Gasteiger partial charge in [-0.3, -0.25) is 4.99 Å². The van der Waals surface area contributed by atoms with Crippen LogP contribution >= 0.6 is 0 Å². The number of hydrogen-bond donors (Lipinski definition) is 1. The highest BCUT2D eigenvalue weighted by atomic mass is 32.2. The van der Waals surface area contributed by atoms with Crippen LogP contribution in [0.1, 0.15) is 12.5 Å². The Morgan fingerprint density at radius 3 is 2.66 bits per heavy atom. The fourth-order valence-corrected chi connectivity index (χ4v) is 4.49. The number of sulfonamides is 1. The van der Waals surface area contributed by atoms with E-state index in [2.05, 4.69) is 4.99 Å². The molecule has 0 bridgehead atoms. The predicted molar refractivity (Wildman–Crippen MR) is 109 cm³/mol. The Morgan fingerprint density at radius 2 is 1.97 bits per heavy atom. The first kappa shape index (κ1) is 21.1. The maximum Gasteiger partial charge on any atom is 0.246 e. The van der Waals surface area contributed by atoms with Crippen molar-refractivity contribution in [2.75, 3.05) is 40.0 Å². The van der Waals surface area contributed by atoms with Crippen molar-refractivity contribution in [1.82, 2.24) is 4.31 Å². The minimum Gasteiger partial charge on any atom is -0.507 e. The van der Waals surface area contributed by atoms with Crippen LogP contribution < -0.4 is 9.47 Å². The van der Waals surface area contributed by atoms with Crippen LogP contribution in [0.15, 0.2) is 46.3 Å². The summed E-state index contributed by atoms with van der Waals surface area (Å²) in [6.07, 6.45) is 1.46. The molecule has 0 aromatic heterocycles. The third-order valence-corrected chi connectivity index (χ3v) is 6.32. The molecule has 9 heteroatoms. The summed E-state index contributed by atoms with van der Waals surface area (Å²) < 4.78 is 43.4. The lowest BCUT2D eigenvalue weighted by atomic mass is 10.2. The van der Waals surface area contributed by atoms with E-state index in [1.165, 1.54) is 29.8 Å². The smallest absolute Gasteiger partial charge is 0.246 e. The number of morpholine rings is 1. The standard InChI is InChI=1S/C20H24N2O6S/c1-3-28-17-5-6-18(23)15(12-17)14-21-16-4-7-19(26-2)20(13-16)29(24,25)22-8-10-27-11-9-22/h4-7,12-14,23H,3,8-11H2,1-2H3. The van der Waals surface area contributed by atoms with E-state index in [0.29, 0.717) is 36.8 Å². The van der Waals surface area contributed by atoms with Crippen LogP contribution in [0, 0.1) is 0 Å². The fraction of sp³-hybridized carbons (Fsp3) is 0.350. The summed E-state index contributed by atoms with van der Waals surface area (Å²) in [5.74, 6) is 0.903. The first-order valence-corrected chi connectivity index (χ1v) is 10.7. The molecule has 0 spiro atoms. The quantitative estimate of drug-likeness (QED) is 0.692. The average molecular weight is 420 g/mol. The van der Waals surface area contributed by atoms with Gasteiger partial charge in [-0.2, -0.15) is 4.31 Å². The monoisotopic (exact) mass is 420 g/mol. The SMILES string of the molecule is CCOc1ccc(O)c(C=Nc2ccc(OC)c(S(=O)(=O)N3CCOCC3)c2)c1. The van der Waals surface area contributed by atoms with Crippen molar-refractivity contribution in [3.05, 3.63) is 42.0 Å². The highest BCUT2D eigenvalue weighted by molar-refractivity contribution is 7.89. The second kappa shape index (κ2) is 9.25. The molecule has 0 radical (unpaired) electrons. The van der Waals surface area contributed by atoms with Crippen molar-refractivity contribution < 1.29 is 27.7 Å². The molecule has 1 N–H and O–H groups in total. The first-order chi connectivity index (χ1) is 14.0. The lowest BCUT2D eigenvalue weighted by molar-refractivity contribution is 0.0729. The molecular formula is C20H24N2O6S. The van der Waals surface area contributed by atoms with Gasteiger partial charge in [0, 0.05) is 24.9 Å². The Labute approximate surface area is 170 Å². The van der Waals surface area contributed by atoms with Crippen LogP contribution in [0.5, 0.6) is 17.2 Å². The van der Waals surface area contributed by atoms with Crippen LogP contribution in [0.3, 0.4) is 0 Å². The van der Waals surface area contributed by atoms with Gasteiger partial charge in [0.25, 0.3) is 0 Å². The first-order valence-electron chi connectivity index (χ1n) is 9.21. The Kier molecular flexibility index (Phi) is 6.73. The van der Waals surface area contributed by atoms with Gasteiger partial charge in [-0.15, -0.1) is 0 Å². The van der Waals surface area contributed by atoms with E-state index in [9.17, 15) is 13.5 Å². The molecule has 0 amide bonds. The van der Waals surface area contributed by atoms with Crippen LogP contribution in [0.4, 0.5) is 5.69 Å². The minimum absolute atomic E-state index is 0.0452. The molecule has 0 atom stereocenters. The molecule has 0 saturated carbocycles. The Balaban J connectivity index is 1.93. The summed E-state index contributed by atoms with van der Waals surface area (Å²) in [5.41, 5.74) is 0.878. The molecule has 8 nitrogen and oxygen atoms in total. The van der Waals surface area contributed by atoms with Gasteiger partial charge < -0.3 is 19.3 Å². The molecule has 2 aromatic carbocycles. The molecule has 156 valence electrons. The van der Waals surface area contributed by atoms with E-state index in [0.717, 1.165) is 0 Å². The normalized spacial score (nSPS) is 15.5. The van der Waals surface area contributed by atoms with E-state index in [-0.39, 0.29) is 29.5 Å². The highest BCUT2D eigenvalue weighted by Crippen LogP contribution is 2.31. The lowest BCUT2D eigenvalue weighted by Gasteiger charge is -2.26. The van der Waals surface area contributed by atoms with E-state index in [4.69, 9.17) is 14.2 Å². The Bertz CT molecular complexity index is 984. The molecule has 2 aromatic rings. The molecular weight excluding hydrogens is 396 g/mol. The lowest BCUT2D eigenvalue weighted by Crippen LogP contribution is -2.40. The van der Waals surface area contributed by atoms with Gasteiger partial charge in [0.05, 0.1) is 32.6 Å². The second-order valence-corrected chi connectivity index (χ2v) is 8.17. The molecule has 1 heterocycles. The van der Waals surface area contributed by atoms with Crippen molar-refractivity contribution in [2.24, 2.45) is 4.99 Å². The third kappa shape index (κ3) is 4.87. The number of phenolic OH excluding ortho intramolecular Hbond substituents is 1. The molecule has 0 aliphatic carbocycles. The number of rotatable bonds is 7. The summed E-state index contributed by atoms with van der Waals surface area (Å²) in [4.78, 5) is 4.37. The maximum atomic E-state index is 13.0. The summed E-state index contributed by atoms with van der Waals surface area (Å²) in [6, 6.07) is 9.53. The number of phenols is 1. The number of aromatic hydroxyl groups is 1. The van der Waals surface area contributed by atoms with E-state index < -0.39 is 10.0 Å². The minimum atomic E-state index is -3.75. The van der Waals surface area contributed by atoms with Crippen LogP contribution in [0.25, 0.3) is 0 Å². The van der Waals surface area contributed by atoms with Gasteiger partial charge in [-0.25, -0.2) is 8.42 Å². The summed E-state index contributed by atoms with van der Waals surface area (Å²) in [6.45, 7) is 3.66. The van der Waals surface area contributed by atoms with Crippen molar-refractivity contribution in [2.45, 2.75) is 11.8 Å². The maximum absolute atomic E-state index is 13.0. The fourth-order valence-electron chi connectivity index (χ4n) is 2.91. The number of ether oxygens (including phenoxy) is 3. The molecule has 1 aliphatic heterocycles. The molecule has 1 aliphatic rings. The van der Waals surface area contributed by atoms with Crippen LogP contribution in [0.2, 0.25) is 0 Å². The van der Waals surface area contributed by atoms with Crippen molar-refractivity contribution in [3.63, 3.8) is 0 Å². The van der Waals surface area contributed by atoms with Gasteiger partial charge >= 0.3 is 0 Å². The molecule has 29 heavy (non-hydrogen) atoms. The largest absolute Gasteiger partial charge is 0.507 e. The second-order valence-electron chi connectivity index (χ2n) is 6.26. The Morgan fingerprint density at radius 1 is 1.21 bits per heavy atom. The molecule has 1 saturated heterocycles. The van der Waals surface area contributed by atoms with Gasteiger partial charge in [-0.05, 0) is 43.3 Å². The van der Waals surface area contributed by atoms with Crippen LogP contribution in [-0.2, 0) is 14.8 Å². The van der Waals surface area contributed by atoms with Crippen molar-refractivity contribution >= 4 is 21.9 Å². The third-order valence-electron chi connectivity index (χ3n) is 4.40. The summed E-state index contributed by atoms with van der Waals surface area (Å²) in [7, 11) is -2.32. The van der Waals surface area contributed by atoms with Crippen molar-refractivity contribution in [1.29, 1.82) is 0 Å². The van der Waals surface area contributed by atoms with E-state index in [1.54, 1.807) is 24.3 Å². The molecule has 3 rings (SSSR count). The van der Waals surface area contributed by atoms with Gasteiger partial charge in [0.15, 0.2) is 0 Å². The van der Waals surface area contributed by atoms with Gasteiger partial charge in [-0.1, -0.05) is 0 Å². The summed E-state index contributed by atoms with van der Waals surface area (Å²) >= 11 is 0. The summed E-state index contributed by atoms with van der Waals surface area (Å²) in [5, 5.41) is 10.0. The topological polar surface area (TPSA) is 97.7 Å². The number of benzene rings is 2. The van der Waals surface area contributed by atoms with Crippen molar-refractivity contribution in [3.8, 4) is 17.2 Å². The van der Waals surface area contributed by atoms with Crippen LogP contribution in [-0.4, -0.2) is 64.1 Å². The van der Waals surface area contributed by atoms with E-state index in [1.807, 2.05) is 6.92 Å². The average Bonchev–Trinajstić information content (AvgIpc) is 2.74. The van der Waals surface area contributed by atoms with Gasteiger partial charge in [0.2, 0.25) is 10.0 Å². The number of nitrogens with zero attached hydrogens (tertiary/aromatic N) is 2.